The summed E-state index contributed by atoms with van der Waals surface area (Å²) in [7, 11) is 0. The fourth-order valence-corrected chi connectivity index (χ4v) is 2.71. The number of hydrogen-bond acceptors (Lipinski definition) is 4. The molecule has 0 bridgehead atoms. The molecule has 5 nitrogen and oxygen atoms in total. The maximum Gasteiger partial charge on any atom is 0.254 e. The van der Waals surface area contributed by atoms with Gasteiger partial charge in [-0.15, -0.1) is 0 Å². The van der Waals surface area contributed by atoms with Crippen molar-refractivity contribution in [2.24, 2.45) is 0 Å². The summed E-state index contributed by atoms with van der Waals surface area (Å²) in [4.78, 5) is 18.3. The van der Waals surface area contributed by atoms with E-state index in [1.165, 1.54) is 18.2 Å². The van der Waals surface area contributed by atoms with Gasteiger partial charge in [-0.2, -0.15) is 4.98 Å². The second-order valence-corrected chi connectivity index (χ2v) is 5.74. The molecule has 6 heteroatoms. The minimum atomic E-state index is -0.415. The first kappa shape index (κ1) is 14.6. The number of hydrogen-bond donors (Lipinski definition) is 0. The topological polar surface area (TPSA) is 59.2 Å². The highest BCUT2D eigenvalue weighted by molar-refractivity contribution is 5.94. The predicted octanol–water partition coefficient (Wildman–Crippen LogP) is 3.12. The van der Waals surface area contributed by atoms with Crippen molar-refractivity contribution in [3.63, 3.8) is 0 Å². The molecule has 1 aliphatic rings. The van der Waals surface area contributed by atoms with Crippen LogP contribution >= 0.6 is 0 Å². The van der Waals surface area contributed by atoms with E-state index in [1.54, 1.807) is 11.0 Å². The van der Waals surface area contributed by atoms with E-state index in [2.05, 4.69) is 10.1 Å². The van der Waals surface area contributed by atoms with Crippen molar-refractivity contribution in [1.82, 2.24) is 15.0 Å². The minimum absolute atomic E-state index is 0.0208. The first-order chi connectivity index (χ1) is 11.7. The Morgan fingerprint density at radius 2 is 1.92 bits per heavy atom. The Balaban J connectivity index is 1.43. The van der Waals surface area contributed by atoms with Gasteiger partial charge < -0.3 is 9.42 Å². The van der Waals surface area contributed by atoms with Crippen molar-refractivity contribution in [3.05, 3.63) is 71.9 Å². The number of amides is 1. The lowest BCUT2D eigenvalue weighted by Gasteiger charge is -2.37. The summed E-state index contributed by atoms with van der Waals surface area (Å²) in [5.41, 5.74) is 1.24. The van der Waals surface area contributed by atoms with Gasteiger partial charge in [-0.25, -0.2) is 4.39 Å². The highest BCUT2D eigenvalue weighted by Crippen LogP contribution is 2.28. The van der Waals surface area contributed by atoms with E-state index < -0.39 is 5.82 Å². The molecule has 0 spiro atoms. The number of carbonyl (C=O) groups is 1. The Hall–Kier alpha value is -3.02. The molecule has 0 radical (unpaired) electrons. The van der Waals surface area contributed by atoms with Gasteiger partial charge in [0.15, 0.2) is 0 Å². The van der Waals surface area contributed by atoms with E-state index >= 15 is 0 Å². The molecule has 4 rings (SSSR count). The van der Waals surface area contributed by atoms with Crippen LogP contribution in [0.3, 0.4) is 0 Å². The van der Waals surface area contributed by atoms with Crippen LogP contribution in [-0.2, 0) is 0 Å². The summed E-state index contributed by atoms with van der Waals surface area (Å²) in [6.07, 6.45) is 0. The molecule has 1 fully saturated rings. The van der Waals surface area contributed by atoms with E-state index in [1.807, 2.05) is 30.3 Å². The second-order valence-electron chi connectivity index (χ2n) is 5.74. The zero-order chi connectivity index (χ0) is 16.5. The van der Waals surface area contributed by atoms with Gasteiger partial charge in [-0.05, 0) is 18.2 Å². The summed E-state index contributed by atoms with van der Waals surface area (Å²) in [6.45, 7) is 0.984. The standard InChI is InChI=1S/C18H14FN3O2/c19-15-8-4-7-13(9-15)18(23)22-10-14(11-22)17-20-16(21-24-17)12-5-2-1-3-6-12/h1-9,14H,10-11H2. The van der Waals surface area contributed by atoms with Gasteiger partial charge in [0.05, 0.1) is 5.92 Å². The average Bonchev–Trinajstić information content (AvgIpc) is 3.04. The third-order valence-corrected chi connectivity index (χ3v) is 4.06. The third-order valence-electron chi connectivity index (χ3n) is 4.06. The van der Waals surface area contributed by atoms with Crippen LogP contribution in [0, 0.1) is 5.82 Å². The Morgan fingerprint density at radius 3 is 2.67 bits per heavy atom. The zero-order valence-corrected chi connectivity index (χ0v) is 12.7. The SMILES string of the molecule is O=C(c1cccc(F)c1)N1CC(c2nc(-c3ccccc3)no2)C1. The number of likely N-dealkylation sites (tertiary alicyclic amines) is 1. The number of halogens is 1. The minimum Gasteiger partial charge on any atom is -0.339 e. The van der Waals surface area contributed by atoms with Gasteiger partial charge in [0, 0.05) is 24.2 Å². The van der Waals surface area contributed by atoms with Crippen LogP contribution in [0.4, 0.5) is 4.39 Å². The van der Waals surface area contributed by atoms with E-state index in [9.17, 15) is 9.18 Å². The first-order valence-electron chi connectivity index (χ1n) is 7.64. The molecule has 0 saturated carbocycles. The van der Waals surface area contributed by atoms with Gasteiger partial charge in [0.25, 0.3) is 5.91 Å². The molecular formula is C18H14FN3O2. The number of benzene rings is 2. The lowest BCUT2D eigenvalue weighted by molar-refractivity contribution is 0.0568. The van der Waals surface area contributed by atoms with Gasteiger partial charge in [0.2, 0.25) is 11.7 Å². The van der Waals surface area contributed by atoms with Gasteiger partial charge in [-0.1, -0.05) is 41.6 Å². The summed E-state index contributed by atoms with van der Waals surface area (Å²) < 4.78 is 18.5. The van der Waals surface area contributed by atoms with Crippen LogP contribution < -0.4 is 0 Å². The fourth-order valence-electron chi connectivity index (χ4n) is 2.71. The van der Waals surface area contributed by atoms with Crippen LogP contribution in [0.15, 0.2) is 59.1 Å². The summed E-state index contributed by atoms with van der Waals surface area (Å²) in [6, 6.07) is 15.3. The molecule has 1 amide bonds. The van der Waals surface area contributed by atoms with Crippen molar-refractivity contribution >= 4 is 5.91 Å². The molecular weight excluding hydrogens is 309 g/mol. The molecule has 0 aliphatic carbocycles. The monoisotopic (exact) mass is 323 g/mol. The molecule has 3 aromatic rings. The smallest absolute Gasteiger partial charge is 0.254 e. The van der Waals surface area contributed by atoms with Crippen molar-refractivity contribution in [2.45, 2.75) is 5.92 Å². The van der Waals surface area contributed by atoms with Crippen molar-refractivity contribution in [2.75, 3.05) is 13.1 Å². The summed E-state index contributed by atoms with van der Waals surface area (Å²) in [5, 5.41) is 3.99. The van der Waals surface area contributed by atoms with Crippen LogP contribution in [0.25, 0.3) is 11.4 Å². The molecule has 1 aliphatic heterocycles. The first-order valence-corrected chi connectivity index (χ1v) is 7.64. The molecule has 1 aromatic heterocycles. The maximum absolute atomic E-state index is 13.2. The Bertz CT molecular complexity index is 873. The summed E-state index contributed by atoms with van der Waals surface area (Å²) >= 11 is 0. The average molecular weight is 323 g/mol. The quantitative estimate of drug-likeness (QED) is 0.743. The van der Waals surface area contributed by atoms with E-state index in [0.717, 1.165) is 5.56 Å². The largest absolute Gasteiger partial charge is 0.339 e. The van der Waals surface area contributed by atoms with Crippen LogP contribution in [0.5, 0.6) is 0 Å². The van der Waals surface area contributed by atoms with Gasteiger partial charge in [0.1, 0.15) is 5.82 Å². The van der Waals surface area contributed by atoms with Gasteiger partial charge in [-0.3, -0.25) is 4.79 Å². The molecule has 120 valence electrons. The summed E-state index contributed by atoms with van der Waals surface area (Å²) in [5.74, 6) is 0.487. The number of nitrogens with zero attached hydrogens (tertiary/aromatic N) is 3. The Kier molecular flexibility index (Phi) is 3.57. The molecule has 0 unspecified atom stereocenters. The fraction of sp³-hybridized carbons (Fsp3) is 0.167. The molecule has 2 heterocycles. The maximum atomic E-state index is 13.2. The molecule has 1 saturated heterocycles. The van der Waals surface area contributed by atoms with E-state index in [4.69, 9.17) is 4.52 Å². The number of aromatic nitrogens is 2. The van der Waals surface area contributed by atoms with Gasteiger partial charge >= 0.3 is 0 Å². The Labute approximate surface area is 137 Å². The van der Waals surface area contributed by atoms with Crippen LogP contribution in [-0.4, -0.2) is 34.0 Å². The molecule has 2 aromatic carbocycles. The lowest BCUT2D eigenvalue weighted by Crippen LogP contribution is -2.48. The van der Waals surface area contributed by atoms with E-state index in [-0.39, 0.29) is 11.8 Å². The molecule has 0 atom stereocenters. The number of rotatable bonds is 3. The van der Waals surface area contributed by atoms with E-state index in [0.29, 0.717) is 30.4 Å². The van der Waals surface area contributed by atoms with Crippen molar-refractivity contribution in [1.29, 1.82) is 0 Å². The second kappa shape index (κ2) is 5.88. The Morgan fingerprint density at radius 1 is 1.12 bits per heavy atom. The predicted molar refractivity (Wildman–Crippen MR) is 84.8 cm³/mol. The zero-order valence-electron chi connectivity index (χ0n) is 12.7. The normalized spacial score (nSPS) is 14.5. The highest BCUT2D eigenvalue weighted by Gasteiger charge is 2.36. The molecule has 24 heavy (non-hydrogen) atoms. The lowest BCUT2D eigenvalue weighted by atomic mass is 9.98. The number of carbonyl (C=O) groups excluding carboxylic acids is 1. The van der Waals surface area contributed by atoms with Crippen molar-refractivity contribution in [3.8, 4) is 11.4 Å². The van der Waals surface area contributed by atoms with Crippen LogP contribution in [0.1, 0.15) is 22.2 Å². The van der Waals surface area contributed by atoms with Crippen LogP contribution in [0.2, 0.25) is 0 Å². The highest BCUT2D eigenvalue weighted by atomic mass is 19.1. The third kappa shape index (κ3) is 2.67. The molecule has 0 N–H and O–H groups in total. The van der Waals surface area contributed by atoms with Crippen molar-refractivity contribution < 1.29 is 13.7 Å².